The maximum absolute atomic E-state index is 14.6. The normalized spacial score (nSPS) is 15.3. The van der Waals surface area contributed by atoms with E-state index in [1.54, 1.807) is 6.26 Å². The second kappa shape index (κ2) is 9.29. The molecular formula is C24H21F4N5O3S. The molecule has 0 radical (unpaired) electrons. The van der Waals surface area contributed by atoms with Crippen molar-refractivity contribution in [2.75, 3.05) is 29.6 Å². The number of hydrogen-bond donors (Lipinski definition) is 1. The molecule has 0 amide bonds. The summed E-state index contributed by atoms with van der Waals surface area (Å²) in [5.74, 6) is 0.0427. The Kier molecular flexibility index (Phi) is 6.26. The Balaban J connectivity index is 1.32. The summed E-state index contributed by atoms with van der Waals surface area (Å²) in [7, 11) is -3.55. The molecule has 1 aliphatic heterocycles. The number of halogens is 4. The average Bonchev–Trinajstić information content (AvgIpc) is 3.29. The van der Waals surface area contributed by atoms with Crippen LogP contribution in [0.3, 0.4) is 0 Å². The number of pyridine rings is 1. The zero-order chi connectivity index (χ0) is 26.4. The number of nitrogens with zero attached hydrogens (tertiary/aromatic N) is 4. The molecule has 1 saturated heterocycles. The molecule has 1 N–H and O–H groups in total. The standard InChI is InChI=1S/C24H21F4N5O3S/c1-37(34,35)16-3-4-19(18(25)10-16)32-23-22-21(30-13-31-23)17(12-36-22)14-6-8-33(9-7-14)20-5-2-15(11-29-20)24(26,27)28/h2-5,10-14H,6-9H2,1H3,(H,30,31,32). The van der Waals surface area contributed by atoms with E-state index in [1.165, 1.54) is 24.5 Å². The van der Waals surface area contributed by atoms with Crippen LogP contribution in [0.5, 0.6) is 0 Å². The Hall–Kier alpha value is -3.74. The third-order valence-electron chi connectivity index (χ3n) is 6.34. The van der Waals surface area contributed by atoms with Crippen LogP contribution in [0.2, 0.25) is 0 Å². The van der Waals surface area contributed by atoms with E-state index in [0.717, 1.165) is 30.1 Å². The summed E-state index contributed by atoms with van der Waals surface area (Å²) in [6, 6.07) is 5.95. The van der Waals surface area contributed by atoms with E-state index in [1.807, 2.05) is 4.90 Å². The van der Waals surface area contributed by atoms with Crippen molar-refractivity contribution in [1.82, 2.24) is 15.0 Å². The summed E-state index contributed by atoms with van der Waals surface area (Å²) < 4.78 is 82.0. The van der Waals surface area contributed by atoms with Gasteiger partial charge in [0.25, 0.3) is 0 Å². The fourth-order valence-corrected chi connectivity index (χ4v) is 5.00. The van der Waals surface area contributed by atoms with E-state index >= 15 is 0 Å². The van der Waals surface area contributed by atoms with Crippen molar-refractivity contribution in [2.24, 2.45) is 0 Å². The van der Waals surface area contributed by atoms with E-state index in [-0.39, 0.29) is 22.3 Å². The van der Waals surface area contributed by atoms with E-state index in [2.05, 4.69) is 20.3 Å². The Labute approximate surface area is 209 Å². The van der Waals surface area contributed by atoms with Crippen molar-refractivity contribution in [2.45, 2.75) is 29.8 Å². The summed E-state index contributed by atoms with van der Waals surface area (Å²) >= 11 is 0. The number of fused-ring (bicyclic) bond motifs is 1. The Morgan fingerprint density at radius 1 is 1.08 bits per heavy atom. The van der Waals surface area contributed by atoms with Crippen molar-refractivity contribution >= 4 is 38.3 Å². The highest BCUT2D eigenvalue weighted by molar-refractivity contribution is 7.90. The number of anilines is 3. The molecule has 0 atom stereocenters. The zero-order valence-corrected chi connectivity index (χ0v) is 20.3. The fourth-order valence-electron chi connectivity index (χ4n) is 4.36. The predicted octanol–water partition coefficient (Wildman–Crippen LogP) is 5.31. The molecule has 0 unspecified atom stereocenters. The minimum Gasteiger partial charge on any atom is -0.458 e. The van der Waals surface area contributed by atoms with E-state index < -0.39 is 27.4 Å². The van der Waals surface area contributed by atoms with Crippen LogP contribution >= 0.6 is 0 Å². The van der Waals surface area contributed by atoms with Gasteiger partial charge in [0.2, 0.25) is 0 Å². The number of aromatic nitrogens is 3. The molecule has 0 bridgehead atoms. The van der Waals surface area contributed by atoms with Gasteiger partial charge < -0.3 is 14.6 Å². The highest BCUT2D eigenvalue weighted by Gasteiger charge is 2.31. The molecule has 194 valence electrons. The molecule has 3 aromatic heterocycles. The van der Waals surface area contributed by atoms with Crippen LogP contribution in [-0.4, -0.2) is 42.7 Å². The molecule has 4 heterocycles. The Morgan fingerprint density at radius 3 is 2.46 bits per heavy atom. The largest absolute Gasteiger partial charge is 0.458 e. The van der Waals surface area contributed by atoms with Gasteiger partial charge in [-0.2, -0.15) is 13.2 Å². The molecule has 1 aliphatic rings. The number of nitrogens with one attached hydrogen (secondary N) is 1. The molecule has 1 fully saturated rings. The quantitative estimate of drug-likeness (QED) is 0.344. The minimum absolute atomic E-state index is 0.0303. The first-order valence-corrected chi connectivity index (χ1v) is 13.2. The smallest absolute Gasteiger partial charge is 0.417 e. The van der Waals surface area contributed by atoms with Crippen LogP contribution in [-0.2, 0) is 16.0 Å². The van der Waals surface area contributed by atoms with Gasteiger partial charge in [-0.25, -0.2) is 27.8 Å². The molecule has 8 nitrogen and oxygen atoms in total. The third kappa shape index (κ3) is 5.08. The maximum atomic E-state index is 14.6. The number of furan rings is 1. The highest BCUT2D eigenvalue weighted by Crippen LogP contribution is 2.37. The summed E-state index contributed by atoms with van der Waals surface area (Å²) in [6.45, 7) is 1.17. The SMILES string of the molecule is CS(=O)(=O)c1ccc(Nc2ncnc3c(C4CCN(c5ccc(C(F)(F)F)cn5)CC4)coc23)c(F)c1. The zero-order valence-electron chi connectivity index (χ0n) is 19.5. The number of piperidine rings is 1. The minimum atomic E-state index is -4.43. The van der Waals surface area contributed by atoms with Crippen molar-refractivity contribution in [3.8, 4) is 0 Å². The van der Waals surface area contributed by atoms with Gasteiger partial charge in [-0.05, 0) is 49.1 Å². The van der Waals surface area contributed by atoms with Gasteiger partial charge in [-0.3, -0.25) is 0 Å². The lowest BCUT2D eigenvalue weighted by Crippen LogP contribution is -2.33. The van der Waals surface area contributed by atoms with Gasteiger partial charge in [0, 0.05) is 31.1 Å². The summed E-state index contributed by atoms with van der Waals surface area (Å²) in [6.07, 6.45) is 1.73. The van der Waals surface area contributed by atoms with Gasteiger partial charge in [0.15, 0.2) is 21.2 Å². The van der Waals surface area contributed by atoms with Gasteiger partial charge in [-0.15, -0.1) is 0 Å². The fraction of sp³-hybridized carbons (Fsp3) is 0.292. The number of rotatable bonds is 5. The first-order chi connectivity index (χ1) is 17.5. The molecule has 5 rings (SSSR count). The van der Waals surface area contributed by atoms with Crippen LogP contribution in [0.1, 0.15) is 29.9 Å². The molecule has 0 spiro atoms. The lowest BCUT2D eigenvalue weighted by atomic mass is 9.90. The number of alkyl halides is 3. The predicted molar refractivity (Wildman–Crippen MR) is 128 cm³/mol. The van der Waals surface area contributed by atoms with Gasteiger partial charge >= 0.3 is 6.18 Å². The van der Waals surface area contributed by atoms with Crippen LogP contribution in [0.15, 0.2) is 58.4 Å². The van der Waals surface area contributed by atoms with Crippen LogP contribution in [0.4, 0.5) is 34.9 Å². The molecule has 4 aromatic rings. The van der Waals surface area contributed by atoms with Gasteiger partial charge in [0.1, 0.15) is 23.5 Å². The lowest BCUT2D eigenvalue weighted by Gasteiger charge is -2.32. The van der Waals surface area contributed by atoms with Crippen molar-refractivity contribution < 1.29 is 30.4 Å². The highest BCUT2D eigenvalue weighted by atomic mass is 32.2. The van der Waals surface area contributed by atoms with Gasteiger partial charge in [-0.1, -0.05) is 0 Å². The molecule has 0 aliphatic carbocycles. The Bertz CT molecular complexity index is 1550. The van der Waals surface area contributed by atoms with Crippen LogP contribution < -0.4 is 10.2 Å². The summed E-state index contributed by atoms with van der Waals surface area (Å²) in [5.41, 5.74) is 0.995. The van der Waals surface area contributed by atoms with E-state index in [4.69, 9.17) is 4.42 Å². The van der Waals surface area contributed by atoms with E-state index in [9.17, 15) is 26.0 Å². The van der Waals surface area contributed by atoms with Crippen LogP contribution in [0, 0.1) is 5.82 Å². The lowest BCUT2D eigenvalue weighted by molar-refractivity contribution is -0.137. The first kappa shape index (κ1) is 24.9. The van der Waals surface area contributed by atoms with Gasteiger partial charge in [0.05, 0.1) is 22.4 Å². The third-order valence-corrected chi connectivity index (χ3v) is 7.45. The molecule has 1 aromatic carbocycles. The second-order valence-corrected chi connectivity index (χ2v) is 10.8. The van der Waals surface area contributed by atoms with Crippen molar-refractivity contribution in [1.29, 1.82) is 0 Å². The number of benzene rings is 1. The van der Waals surface area contributed by atoms with Crippen molar-refractivity contribution in [3.63, 3.8) is 0 Å². The molecular weight excluding hydrogens is 514 g/mol. The molecule has 0 saturated carbocycles. The summed E-state index contributed by atoms with van der Waals surface area (Å²) in [5, 5.41) is 2.84. The summed E-state index contributed by atoms with van der Waals surface area (Å²) in [4.78, 5) is 14.3. The molecule has 37 heavy (non-hydrogen) atoms. The topological polar surface area (TPSA) is 101 Å². The number of hydrogen-bond acceptors (Lipinski definition) is 8. The maximum Gasteiger partial charge on any atom is 0.417 e. The Morgan fingerprint density at radius 2 is 1.84 bits per heavy atom. The first-order valence-electron chi connectivity index (χ1n) is 11.3. The van der Waals surface area contributed by atoms with E-state index in [0.29, 0.717) is 42.8 Å². The molecule has 13 heteroatoms. The van der Waals surface area contributed by atoms with Crippen molar-refractivity contribution in [3.05, 3.63) is 66.1 Å². The van der Waals surface area contributed by atoms with Crippen LogP contribution in [0.25, 0.3) is 11.1 Å². The monoisotopic (exact) mass is 535 g/mol. The number of sulfone groups is 1. The average molecular weight is 536 g/mol. The second-order valence-electron chi connectivity index (χ2n) is 8.79.